The number of rotatable bonds is 9. The van der Waals surface area contributed by atoms with Crippen molar-refractivity contribution < 1.29 is 26.3 Å². The van der Waals surface area contributed by atoms with E-state index in [1.807, 2.05) is 10.8 Å². The zero-order valence-electron chi connectivity index (χ0n) is 21.2. The first-order chi connectivity index (χ1) is 18.5. The van der Waals surface area contributed by atoms with Crippen LogP contribution in [0.1, 0.15) is 30.0 Å². The summed E-state index contributed by atoms with van der Waals surface area (Å²) >= 11 is 0. The maximum absolute atomic E-state index is 13.7. The summed E-state index contributed by atoms with van der Waals surface area (Å²) in [5, 5.41) is 2.96. The highest BCUT2D eigenvalue weighted by molar-refractivity contribution is 7.89. The van der Waals surface area contributed by atoms with Crippen LogP contribution >= 0.6 is 0 Å². The molecule has 5 rings (SSSR count). The molecule has 0 aliphatic heterocycles. The SMILES string of the molecule is COc1ccc(CN(C)S(=O)(=O)c2ccc(Nc3ccc(C(F)(F)F)cn3)cc2-c2cn(C3CC3)cn2)cc1. The number of anilines is 2. The molecule has 1 fully saturated rings. The molecule has 8 nitrogen and oxygen atoms in total. The predicted octanol–water partition coefficient (Wildman–Crippen LogP) is 5.87. The van der Waals surface area contributed by atoms with Crippen molar-refractivity contribution in [3.63, 3.8) is 0 Å². The van der Waals surface area contributed by atoms with Gasteiger partial charge in [0, 0.05) is 43.3 Å². The Hall–Kier alpha value is -3.90. The van der Waals surface area contributed by atoms with Gasteiger partial charge in [-0.1, -0.05) is 12.1 Å². The van der Waals surface area contributed by atoms with Gasteiger partial charge in [-0.15, -0.1) is 0 Å². The molecular weight excluding hydrogens is 531 g/mol. The van der Waals surface area contributed by atoms with Crippen LogP contribution in [0.5, 0.6) is 5.75 Å². The maximum atomic E-state index is 13.7. The third-order valence-electron chi connectivity index (χ3n) is 6.44. The van der Waals surface area contributed by atoms with Gasteiger partial charge in [0.15, 0.2) is 0 Å². The molecule has 1 N–H and O–H groups in total. The summed E-state index contributed by atoms with van der Waals surface area (Å²) in [7, 11) is -0.890. The minimum absolute atomic E-state index is 0.0606. The topological polar surface area (TPSA) is 89.4 Å². The van der Waals surface area contributed by atoms with Gasteiger partial charge in [-0.25, -0.2) is 18.4 Å². The van der Waals surface area contributed by atoms with E-state index in [0.29, 0.717) is 28.7 Å². The number of imidazole rings is 1. The zero-order chi connectivity index (χ0) is 27.8. The lowest BCUT2D eigenvalue weighted by Gasteiger charge is -2.20. The van der Waals surface area contributed by atoms with E-state index in [2.05, 4.69) is 15.3 Å². The number of methoxy groups -OCH3 is 1. The van der Waals surface area contributed by atoms with E-state index < -0.39 is 21.8 Å². The first kappa shape index (κ1) is 26.7. The highest BCUT2D eigenvalue weighted by Gasteiger charge is 2.31. The van der Waals surface area contributed by atoms with Crippen molar-refractivity contribution in [2.24, 2.45) is 0 Å². The summed E-state index contributed by atoms with van der Waals surface area (Å²) in [6.07, 6.45) is 1.82. The first-order valence-corrected chi connectivity index (χ1v) is 13.6. The summed E-state index contributed by atoms with van der Waals surface area (Å²) in [5.74, 6) is 0.855. The molecule has 12 heteroatoms. The minimum Gasteiger partial charge on any atom is -0.497 e. The van der Waals surface area contributed by atoms with E-state index in [9.17, 15) is 21.6 Å². The molecule has 0 radical (unpaired) electrons. The highest BCUT2D eigenvalue weighted by atomic mass is 32.2. The van der Waals surface area contributed by atoms with Crippen LogP contribution in [0.2, 0.25) is 0 Å². The molecule has 4 aromatic rings. The summed E-state index contributed by atoms with van der Waals surface area (Å²) in [6.45, 7) is 0.137. The molecular formula is C27H26F3N5O3S. The van der Waals surface area contributed by atoms with Crippen LogP contribution in [0.4, 0.5) is 24.7 Å². The van der Waals surface area contributed by atoms with Gasteiger partial charge < -0.3 is 14.6 Å². The smallest absolute Gasteiger partial charge is 0.417 e. The van der Waals surface area contributed by atoms with E-state index in [0.717, 1.165) is 30.7 Å². The highest BCUT2D eigenvalue weighted by Crippen LogP contribution is 2.38. The van der Waals surface area contributed by atoms with Crippen molar-refractivity contribution in [1.29, 1.82) is 0 Å². The van der Waals surface area contributed by atoms with E-state index in [1.54, 1.807) is 49.8 Å². The van der Waals surface area contributed by atoms with Crippen molar-refractivity contribution in [3.8, 4) is 17.0 Å². The van der Waals surface area contributed by atoms with Crippen LogP contribution in [0.15, 0.2) is 78.2 Å². The number of hydrogen-bond donors (Lipinski definition) is 1. The lowest BCUT2D eigenvalue weighted by Crippen LogP contribution is -2.27. The number of ether oxygens (including phenoxy) is 1. The van der Waals surface area contributed by atoms with Crippen LogP contribution in [0.3, 0.4) is 0 Å². The average Bonchev–Trinajstić information content (AvgIpc) is 3.65. The summed E-state index contributed by atoms with van der Waals surface area (Å²) < 4.78 is 74.6. The number of benzene rings is 2. The molecule has 39 heavy (non-hydrogen) atoms. The van der Waals surface area contributed by atoms with Gasteiger partial charge in [0.1, 0.15) is 11.6 Å². The van der Waals surface area contributed by atoms with Crippen molar-refractivity contribution in [1.82, 2.24) is 18.8 Å². The molecule has 1 saturated carbocycles. The normalized spacial score (nSPS) is 14.0. The molecule has 1 aliphatic rings. The zero-order valence-corrected chi connectivity index (χ0v) is 22.0. The van der Waals surface area contributed by atoms with Crippen molar-refractivity contribution in [2.75, 3.05) is 19.5 Å². The molecule has 0 spiro atoms. The number of nitrogens with zero attached hydrogens (tertiary/aromatic N) is 4. The lowest BCUT2D eigenvalue weighted by atomic mass is 10.1. The fraction of sp³-hybridized carbons (Fsp3) is 0.259. The summed E-state index contributed by atoms with van der Waals surface area (Å²) in [6, 6.07) is 14.3. The number of halogens is 3. The van der Waals surface area contributed by atoms with E-state index in [1.165, 1.54) is 23.5 Å². The fourth-order valence-electron chi connectivity index (χ4n) is 4.11. The Kier molecular flexibility index (Phi) is 7.08. The second-order valence-electron chi connectivity index (χ2n) is 9.31. The van der Waals surface area contributed by atoms with E-state index in [4.69, 9.17) is 4.74 Å². The Balaban J connectivity index is 1.47. The van der Waals surface area contributed by atoms with Gasteiger partial charge >= 0.3 is 6.18 Å². The van der Waals surface area contributed by atoms with Gasteiger partial charge in [-0.2, -0.15) is 17.5 Å². The summed E-state index contributed by atoms with van der Waals surface area (Å²) in [5.41, 5.74) is 1.22. The first-order valence-electron chi connectivity index (χ1n) is 12.1. The number of alkyl halides is 3. The average molecular weight is 558 g/mol. The van der Waals surface area contributed by atoms with Gasteiger partial charge in [0.05, 0.1) is 29.6 Å². The third kappa shape index (κ3) is 5.91. The Bertz CT molecular complexity index is 1570. The fourth-order valence-corrected chi connectivity index (χ4v) is 5.44. The standard InChI is InChI=1S/C27H26F3N5O3S/c1-34(15-18-3-9-22(38-2)10-4-18)39(36,37)25-11-6-20(33-26-12-5-19(14-31-26)27(28,29)30)13-23(25)24-16-35(17-32-24)21-7-8-21/h3-6,9-14,16-17,21H,7-8,15H2,1-2H3,(H,31,33). The second kappa shape index (κ2) is 10.3. The minimum atomic E-state index is -4.49. The van der Waals surface area contributed by atoms with Gasteiger partial charge in [0.25, 0.3) is 0 Å². The Morgan fingerprint density at radius 1 is 1.08 bits per heavy atom. The van der Waals surface area contributed by atoms with Gasteiger partial charge in [-0.05, 0) is 60.9 Å². The van der Waals surface area contributed by atoms with Crippen LogP contribution in [-0.4, -0.2) is 41.4 Å². The van der Waals surface area contributed by atoms with Gasteiger partial charge in [-0.3, -0.25) is 0 Å². The number of sulfonamides is 1. The summed E-state index contributed by atoms with van der Waals surface area (Å²) in [4.78, 5) is 8.38. The molecule has 0 atom stereocenters. The Morgan fingerprint density at radius 2 is 1.82 bits per heavy atom. The number of nitrogens with one attached hydrogen (secondary N) is 1. The molecule has 0 saturated heterocycles. The molecule has 2 heterocycles. The molecule has 0 bridgehead atoms. The third-order valence-corrected chi connectivity index (χ3v) is 8.30. The van der Waals surface area contributed by atoms with Crippen molar-refractivity contribution >= 4 is 21.5 Å². The quantitative estimate of drug-likeness (QED) is 0.277. The molecule has 204 valence electrons. The Morgan fingerprint density at radius 3 is 2.44 bits per heavy atom. The van der Waals surface area contributed by atoms with Crippen LogP contribution < -0.4 is 10.1 Å². The monoisotopic (exact) mass is 557 g/mol. The second-order valence-corrected chi connectivity index (χ2v) is 11.3. The Labute approximate surface area is 224 Å². The van der Waals surface area contributed by atoms with Gasteiger partial charge in [0.2, 0.25) is 10.0 Å². The largest absolute Gasteiger partial charge is 0.497 e. The lowest BCUT2D eigenvalue weighted by molar-refractivity contribution is -0.137. The van der Waals surface area contributed by atoms with Crippen LogP contribution in [-0.2, 0) is 22.7 Å². The van der Waals surface area contributed by atoms with Crippen molar-refractivity contribution in [2.45, 2.75) is 36.5 Å². The van der Waals surface area contributed by atoms with Crippen LogP contribution in [0.25, 0.3) is 11.3 Å². The number of pyridine rings is 1. The van der Waals surface area contributed by atoms with Crippen molar-refractivity contribution in [3.05, 3.63) is 84.4 Å². The molecule has 1 aliphatic carbocycles. The molecule has 2 aromatic carbocycles. The molecule has 2 aromatic heterocycles. The number of hydrogen-bond acceptors (Lipinski definition) is 6. The maximum Gasteiger partial charge on any atom is 0.417 e. The van der Waals surface area contributed by atoms with E-state index in [-0.39, 0.29) is 17.3 Å². The van der Waals surface area contributed by atoms with Crippen LogP contribution in [0, 0.1) is 0 Å². The predicted molar refractivity (Wildman–Crippen MR) is 140 cm³/mol. The molecule has 0 amide bonds. The molecule has 0 unspecified atom stereocenters. The van der Waals surface area contributed by atoms with E-state index >= 15 is 0 Å². The number of aromatic nitrogens is 3.